The van der Waals surface area contributed by atoms with Gasteiger partial charge in [-0.25, -0.2) is 0 Å². The van der Waals surface area contributed by atoms with Crippen LogP contribution in [0.5, 0.6) is 0 Å². The van der Waals surface area contributed by atoms with Crippen LogP contribution in [0.4, 0.5) is 13.2 Å². The third-order valence-electron chi connectivity index (χ3n) is 5.70. The number of carbonyl (C=O) groups is 1. The number of carbonyl (C=O) groups excluding carboxylic acids is 1. The van der Waals surface area contributed by atoms with Gasteiger partial charge in [-0.15, -0.1) is 0 Å². The Hall–Kier alpha value is -3.93. The topological polar surface area (TPSA) is 42.0 Å². The Morgan fingerprint density at radius 2 is 1.53 bits per heavy atom. The highest BCUT2D eigenvalue weighted by Gasteiger charge is 2.40. The van der Waals surface area contributed by atoms with E-state index in [4.69, 9.17) is 0 Å². The lowest BCUT2D eigenvalue weighted by Gasteiger charge is -2.36. The Kier molecular flexibility index (Phi) is 6.50. The van der Waals surface area contributed by atoms with E-state index in [1.54, 1.807) is 48.7 Å². The Morgan fingerprint density at radius 3 is 2.21 bits per heavy atom. The third kappa shape index (κ3) is 5.01. The Morgan fingerprint density at radius 1 is 0.824 bits per heavy atom. The average Bonchev–Trinajstić information content (AvgIpc) is 2.84. The van der Waals surface area contributed by atoms with E-state index in [-0.39, 0.29) is 6.42 Å². The van der Waals surface area contributed by atoms with Gasteiger partial charge in [0.05, 0.1) is 11.3 Å². The number of alkyl halides is 3. The van der Waals surface area contributed by atoms with Crippen molar-refractivity contribution >= 4 is 5.91 Å². The molecule has 4 rings (SSSR count). The van der Waals surface area contributed by atoms with Crippen molar-refractivity contribution in [2.45, 2.75) is 25.1 Å². The molecule has 1 heterocycles. The molecule has 0 aliphatic heterocycles. The van der Waals surface area contributed by atoms with E-state index in [0.29, 0.717) is 16.8 Å². The molecule has 0 saturated carbocycles. The molecule has 6 heteroatoms. The van der Waals surface area contributed by atoms with Crippen LogP contribution in [0, 0.1) is 6.92 Å². The van der Waals surface area contributed by atoms with Crippen molar-refractivity contribution in [3.05, 3.63) is 137 Å². The number of benzene rings is 3. The number of nitrogens with one attached hydrogen (secondary N) is 1. The monoisotopic (exact) mass is 460 g/mol. The quantitative estimate of drug-likeness (QED) is 0.366. The van der Waals surface area contributed by atoms with Crippen LogP contribution in [0.2, 0.25) is 0 Å². The first kappa shape index (κ1) is 23.2. The van der Waals surface area contributed by atoms with Crippen LogP contribution in [0.1, 0.15) is 38.3 Å². The number of hydrogen-bond donors (Lipinski definition) is 1. The van der Waals surface area contributed by atoms with Gasteiger partial charge in [0, 0.05) is 18.2 Å². The van der Waals surface area contributed by atoms with E-state index in [1.807, 2.05) is 43.3 Å². The molecule has 172 valence electrons. The molecule has 0 aliphatic rings. The smallest absolute Gasteiger partial charge is 0.337 e. The van der Waals surface area contributed by atoms with Crippen LogP contribution in [0.25, 0.3) is 0 Å². The number of aromatic nitrogens is 1. The van der Waals surface area contributed by atoms with Crippen LogP contribution in [0.15, 0.2) is 103 Å². The number of aryl methyl sites for hydroxylation is 1. The largest absolute Gasteiger partial charge is 0.416 e. The van der Waals surface area contributed by atoms with Crippen molar-refractivity contribution in [2.75, 3.05) is 0 Å². The SMILES string of the molecule is Cc1cccc(C(=O)NC(Cc2ccccc2)(c2cccc(C(F)(F)F)c2)c2ccccn2)c1. The first-order chi connectivity index (χ1) is 16.3. The summed E-state index contributed by atoms with van der Waals surface area (Å²) >= 11 is 0. The van der Waals surface area contributed by atoms with E-state index in [9.17, 15) is 18.0 Å². The van der Waals surface area contributed by atoms with E-state index in [1.165, 1.54) is 6.07 Å². The van der Waals surface area contributed by atoms with Crippen LogP contribution in [0.3, 0.4) is 0 Å². The summed E-state index contributed by atoms with van der Waals surface area (Å²) in [5.74, 6) is -0.400. The summed E-state index contributed by atoms with van der Waals surface area (Å²) in [6, 6.07) is 26.7. The average molecular weight is 460 g/mol. The molecule has 0 radical (unpaired) electrons. The van der Waals surface area contributed by atoms with Gasteiger partial charge in [-0.1, -0.05) is 66.2 Å². The van der Waals surface area contributed by atoms with Crippen LogP contribution >= 0.6 is 0 Å². The van der Waals surface area contributed by atoms with Crippen LogP contribution in [-0.2, 0) is 18.1 Å². The molecule has 0 bridgehead atoms. The minimum absolute atomic E-state index is 0.212. The minimum Gasteiger partial charge on any atom is -0.337 e. The summed E-state index contributed by atoms with van der Waals surface area (Å²) in [6.45, 7) is 1.87. The summed E-state index contributed by atoms with van der Waals surface area (Å²) in [7, 11) is 0. The van der Waals surface area contributed by atoms with Gasteiger partial charge in [-0.05, 0) is 54.4 Å². The molecule has 1 unspecified atom stereocenters. The Labute approximate surface area is 196 Å². The molecule has 4 aromatic rings. The molecule has 0 aliphatic carbocycles. The molecule has 1 N–H and O–H groups in total. The van der Waals surface area contributed by atoms with Crippen molar-refractivity contribution in [1.82, 2.24) is 10.3 Å². The maximum Gasteiger partial charge on any atom is 0.416 e. The normalized spacial score (nSPS) is 13.2. The Balaban J connectivity index is 1.93. The number of hydrogen-bond acceptors (Lipinski definition) is 2. The summed E-state index contributed by atoms with van der Waals surface area (Å²) in [6.07, 6.45) is -2.75. The van der Waals surface area contributed by atoms with Gasteiger partial charge in [-0.2, -0.15) is 13.2 Å². The number of amides is 1. The van der Waals surface area contributed by atoms with E-state index < -0.39 is 23.2 Å². The highest BCUT2D eigenvalue weighted by atomic mass is 19.4. The molecule has 3 nitrogen and oxygen atoms in total. The van der Waals surface area contributed by atoms with Gasteiger partial charge >= 0.3 is 6.18 Å². The van der Waals surface area contributed by atoms with Crippen LogP contribution in [-0.4, -0.2) is 10.9 Å². The highest BCUT2D eigenvalue weighted by molar-refractivity contribution is 5.95. The second-order valence-corrected chi connectivity index (χ2v) is 8.18. The maximum absolute atomic E-state index is 13.7. The van der Waals surface area contributed by atoms with Gasteiger partial charge in [-0.3, -0.25) is 9.78 Å². The predicted octanol–water partition coefficient (Wildman–Crippen LogP) is 6.33. The zero-order valence-electron chi connectivity index (χ0n) is 18.5. The highest BCUT2D eigenvalue weighted by Crippen LogP contribution is 2.37. The number of rotatable bonds is 6. The third-order valence-corrected chi connectivity index (χ3v) is 5.70. The van der Waals surface area contributed by atoms with E-state index >= 15 is 0 Å². The van der Waals surface area contributed by atoms with Crippen molar-refractivity contribution in [1.29, 1.82) is 0 Å². The molecular formula is C28H23F3N2O. The zero-order chi connectivity index (χ0) is 24.2. The maximum atomic E-state index is 13.7. The van der Waals surface area contributed by atoms with Gasteiger partial charge < -0.3 is 5.32 Å². The molecule has 1 atom stereocenters. The second kappa shape index (κ2) is 9.51. The molecule has 1 amide bonds. The fraction of sp³-hybridized carbons (Fsp3) is 0.143. The molecule has 3 aromatic carbocycles. The van der Waals surface area contributed by atoms with Crippen LogP contribution < -0.4 is 5.32 Å². The molecule has 0 fully saturated rings. The summed E-state index contributed by atoms with van der Waals surface area (Å²) in [4.78, 5) is 18.0. The van der Waals surface area contributed by atoms with Crippen molar-refractivity contribution in [3.63, 3.8) is 0 Å². The first-order valence-corrected chi connectivity index (χ1v) is 10.8. The van der Waals surface area contributed by atoms with E-state index in [0.717, 1.165) is 23.3 Å². The number of halogens is 3. The number of pyridine rings is 1. The lowest BCUT2D eigenvalue weighted by atomic mass is 9.79. The lowest BCUT2D eigenvalue weighted by molar-refractivity contribution is -0.137. The Bertz CT molecular complexity index is 1270. The van der Waals surface area contributed by atoms with Crippen molar-refractivity contribution in [2.24, 2.45) is 0 Å². The van der Waals surface area contributed by atoms with Crippen molar-refractivity contribution < 1.29 is 18.0 Å². The number of nitrogens with zero attached hydrogens (tertiary/aromatic N) is 1. The molecule has 1 aromatic heterocycles. The minimum atomic E-state index is -4.53. The molecule has 0 saturated heterocycles. The van der Waals surface area contributed by atoms with Gasteiger partial charge in [0.1, 0.15) is 5.54 Å². The summed E-state index contributed by atoms with van der Waals surface area (Å²) in [5, 5.41) is 3.06. The summed E-state index contributed by atoms with van der Waals surface area (Å²) < 4.78 is 41.0. The molecule has 0 spiro atoms. The zero-order valence-corrected chi connectivity index (χ0v) is 18.5. The standard InChI is InChI=1S/C28H23F3N2O/c1-20-9-7-12-22(17-20)26(34)33-27(25-15-5-6-16-32-25,19-21-10-3-2-4-11-21)23-13-8-14-24(18-23)28(29,30)31/h2-18H,19H2,1H3,(H,33,34). The molecular weight excluding hydrogens is 437 g/mol. The van der Waals surface area contributed by atoms with Gasteiger partial charge in [0.25, 0.3) is 5.91 Å². The predicted molar refractivity (Wildman–Crippen MR) is 125 cm³/mol. The second-order valence-electron chi connectivity index (χ2n) is 8.18. The van der Waals surface area contributed by atoms with E-state index in [2.05, 4.69) is 10.3 Å². The van der Waals surface area contributed by atoms with Gasteiger partial charge in [0.2, 0.25) is 0 Å². The van der Waals surface area contributed by atoms with Crippen molar-refractivity contribution in [3.8, 4) is 0 Å². The molecule has 34 heavy (non-hydrogen) atoms. The van der Waals surface area contributed by atoms with Gasteiger partial charge in [0.15, 0.2) is 0 Å². The summed E-state index contributed by atoms with van der Waals surface area (Å²) in [5.41, 5.74) is 0.770. The fourth-order valence-corrected chi connectivity index (χ4v) is 4.05. The lowest BCUT2D eigenvalue weighted by Crippen LogP contribution is -2.49. The first-order valence-electron chi connectivity index (χ1n) is 10.8. The fourth-order valence-electron chi connectivity index (χ4n) is 4.05.